The van der Waals surface area contributed by atoms with Crippen molar-refractivity contribution in [1.29, 1.82) is 0 Å². The number of alkyl carbamates (subject to hydrolysis) is 1. The molecular weight excluding hydrogens is 608 g/mol. The van der Waals surface area contributed by atoms with Crippen LogP contribution in [0.25, 0.3) is 0 Å². The van der Waals surface area contributed by atoms with Crippen LogP contribution in [0.3, 0.4) is 0 Å². The monoisotopic (exact) mass is 648 g/mol. The number of anilines is 1. The number of aliphatic carboxylic acids is 1. The van der Waals surface area contributed by atoms with Gasteiger partial charge in [-0.1, -0.05) is 66.7 Å². The molecule has 250 valence electrons. The first-order valence-electron chi connectivity index (χ1n) is 15.0. The number of hydrogen-bond acceptors (Lipinski definition) is 8. The van der Waals surface area contributed by atoms with Gasteiger partial charge in [0.15, 0.2) is 0 Å². The summed E-state index contributed by atoms with van der Waals surface area (Å²) in [6.45, 7) is 5.28. The lowest BCUT2D eigenvalue weighted by Gasteiger charge is -2.27. The third-order valence-electron chi connectivity index (χ3n) is 6.36. The first-order valence-corrected chi connectivity index (χ1v) is 15.0. The van der Waals surface area contributed by atoms with Crippen LogP contribution in [-0.2, 0) is 32.2 Å². The van der Waals surface area contributed by atoms with Gasteiger partial charge in [0, 0.05) is 6.54 Å². The van der Waals surface area contributed by atoms with Crippen molar-refractivity contribution < 1.29 is 43.3 Å². The van der Waals surface area contributed by atoms with Gasteiger partial charge in [-0.3, -0.25) is 0 Å². The molecule has 3 rings (SSSR count). The molecule has 0 aliphatic heterocycles. The lowest BCUT2D eigenvalue weighted by Crippen LogP contribution is -2.55. The van der Waals surface area contributed by atoms with E-state index in [9.17, 15) is 29.1 Å². The standard InChI is InChI=1S/C34H40N4O9/c1-34(2,3)47-33(44)37-38(27-18-12-17-26(21-27)30(41)45-22-24-13-6-4-7-14-24)31(42)36-28(29(39)40)19-10-11-20-35-32(43)46-23-25-15-8-5-9-16-25/h4-9,12-18,21,28H,10-11,19-20,22-23H2,1-3H3,(H,35,43)(H,36,42)(H,37,44)(H,39,40)/t28-/m0/s1. The number of hydrogen-bond donors (Lipinski definition) is 4. The number of ether oxygens (including phenoxy) is 3. The Morgan fingerprint density at radius 1 is 0.787 bits per heavy atom. The number of carboxylic acids is 1. The van der Waals surface area contributed by atoms with Gasteiger partial charge in [-0.05, 0) is 69.4 Å². The van der Waals surface area contributed by atoms with Gasteiger partial charge in [0.2, 0.25) is 0 Å². The second kappa shape index (κ2) is 17.8. The summed E-state index contributed by atoms with van der Waals surface area (Å²) in [5, 5.41) is 15.6. The third-order valence-corrected chi connectivity index (χ3v) is 6.36. The van der Waals surface area contributed by atoms with Crippen LogP contribution >= 0.6 is 0 Å². The molecule has 0 heterocycles. The number of amides is 4. The van der Waals surface area contributed by atoms with Crippen molar-refractivity contribution in [3.63, 3.8) is 0 Å². The maximum Gasteiger partial charge on any atom is 0.427 e. The molecule has 0 radical (unpaired) electrons. The predicted molar refractivity (Wildman–Crippen MR) is 172 cm³/mol. The molecule has 1 atom stereocenters. The van der Waals surface area contributed by atoms with Gasteiger partial charge in [-0.15, -0.1) is 0 Å². The van der Waals surface area contributed by atoms with Crippen molar-refractivity contribution in [2.75, 3.05) is 11.6 Å². The first-order chi connectivity index (χ1) is 22.4. The van der Waals surface area contributed by atoms with Crippen molar-refractivity contribution in [3.05, 3.63) is 102 Å². The van der Waals surface area contributed by atoms with E-state index in [0.29, 0.717) is 12.8 Å². The summed E-state index contributed by atoms with van der Waals surface area (Å²) in [5.74, 6) is -1.97. The lowest BCUT2D eigenvalue weighted by atomic mass is 10.1. The van der Waals surface area contributed by atoms with Crippen molar-refractivity contribution in [2.24, 2.45) is 0 Å². The number of nitrogens with zero attached hydrogens (tertiary/aromatic N) is 1. The summed E-state index contributed by atoms with van der Waals surface area (Å²) in [7, 11) is 0. The Balaban J connectivity index is 1.61. The van der Waals surface area contributed by atoms with E-state index in [-0.39, 0.29) is 37.4 Å². The summed E-state index contributed by atoms with van der Waals surface area (Å²) in [6, 6.07) is 21.7. The van der Waals surface area contributed by atoms with E-state index in [2.05, 4.69) is 16.1 Å². The molecule has 0 bridgehead atoms. The Morgan fingerprint density at radius 2 is 1.40 bits per heavy atom. The number of unbranched alkanes of at least 4 members (excludes halogenated alkanes) is 1. The smallest absolute Gasteiger partial charge is 0.427 e. The summed E-state index contributed by atoms with van der Waals surface area (Å²) < 4.78 is 15.8. The fourth-order valence-corrected chi connectivity index (χ4v) is 4.11. The SMILES string of the molecule is CC(C)(C)OC(=O)NN(C(=O)N[C@@H](CCCCNC(=O)OCc1ccccc1)C(=O)O)c1cccc(C(=O)OCc2ccccc2)c1. The van der Waals surface area contributed by atoms with E-state index in [1.807, 2.05) is 48.5 Å². The van der Waals surface area contributed by atoms with Gasteiger partial charge in [0.05, 0.1) is 11.3 Å². The Morgan fingerprint density at radius 3 is 2.00 bits per heavy atom. The Bertz CT molecular complexity index is 1490. The molecule has 0 unspecified atom stereocenters. The van der Waals surface area contributed by atoms with Gasteiger partial charge in [0.1, 0.15) is 24.9 Å². The maximum absolute atomic E-state index is 13.4. The second-order valence-electron chi connectivity index (χ2n) is 11.4. The molecule has 0 aromatic heterocycles. The number of hydrazine groups is 1. The molecule has 0 saturated heterocycles. The molecule has 0 aliphatic carbocycles. The average molecular weight is 649 g/mol. The number of esters is 1. The van der Waals surface area contributed by atoms with Crippen LogP contribution in [0.1, 0.15) is 61.5 Å². The fourth-order valence-electron chi connectivity index (χ4n) is 4.11. The number of benzene rings is 3. The van der Waals surface area contributed by atoms with Crippen molar-refractivity contribution >= 4 is 35.8 Å². The molecule has 3 aromatic rings. The van der Waals surface area contributed by atoms with E-state index in [4.69, 9.17) is 14.2 Å². The highest BCUT2D eigenvalue weighted by molar-refractivity contribution is 5.98. The van der Waals surface area contributed by atoms with Crippen LogP contribution in [0.2, 0.25) is 0 Å². The number of carbonyl (C=O) groups is 5. The second-order valence-corrected chi connectivity index (χ2v) is 11.4. The fraction of sp³-hybridized carbons (Fsp3) is 0.324. The lowest BCUT2D eigenvalue weighted by molar-refractivity contribution is -0.139. The van der Waals surface area contributed by atoms with E-state index in [1.165, 1.54) is 24.3 Å². The maximum atomic E-state index is 13.4. The molecule has 0 spiro atoms. The molecule has 0 aliphatic rings. The Labute approximate surface area is 273 Å². The number of nitrogens with one attached hydrogen (secondary N) is 3. The predicted octanol–water partition coefficient (Wildman–Crippen LogP) is 5.55. The zero-order valence-electron chi connectivity index (χ0n) is 26.6. The molecule has 13 nitrogen and oxygen atoms in total. The molecule has 3 aromatic carbocycles. The number of urea groups is 1. The minimum atomic E-state index is -1.34. The molecule has 0 saturated carbocycles. The van der Waals surface area contributed by atoms with Gasteiger partial charge in [0.25, 0.3) is 0 Å². The van der Waals surface area contributed by atoms with Crippen LogP contribution < -0.4 is 21.1 Å². The van der Waals surface area contributed by atoms with E-state index < -0.39 is 41.8 Å². The van der Waals surface area contributed by atoms with Crippen LogP contribution in [0.4, 0.5) is 20.1 Å². The van der Waals surface area contributed by atoms with Gasteiger partial charge >= 0.3 is 30.2 Å². The highest BCUT2D eigenvalue weighted by Gasteiger charge is 2.27. The van der Waals surface area contributed by atoms with Gasteiger partial charge in [-0.2, -0.15) is 0 Å². The zero-order valence-corrected chi connectivity index (χ0v) is 26.6. The largest absolute Gasteiger partial charge is 0.480 e. The quantitative estimate of drug-likeness (QED) is 0.0802. The normalized spacial score (nSPS) is 11.4. The van der Waals surface area contributed by atoms with Crippen LogP contribution in [0, 0.1) is 0 Å². The van der Waals surface area contributed by atoms with Gasteiger partial charge in [-0.25, -0.2) is 34.4 Å². The van der Waals surface area contributed by atoms with Crippen LogP contribution in [0.5, 0.6) is 0 Å². The number of carboxylic acid groups (broad SMARTS) is 1. The van der Waals surface area contributed by atoms with Crippen molar-refractivity contribution in [1.82, 2.24) is 16.1 Å². The average Bonchev–Trinajstić information content (AvgIpc) is 3.04. The summed E-state index contributed by atoms with van der Waals surface area (Å²) in [4.78, 5) is 62.9. The van der Waals surface area contributed by atoms with Crippen molar-refractivity contribution in [2.45, 2.75) is 64.9 Å². The zero-order chi connectivity index (χ0) is 34.2. The summed E-state index contributed by atoms with van der Waals surface area (Å²) >= 11 is 0. The topological polar surface area (TPSA) is 173 Å². The molecule has 0 fully saturated rings. The minimum Gasteiger partial charge on any atom is -0.480 e. The molecular formula is C34H40N4O9. The van der Waals surface area contributed by atoms with E-state index in [0.717, 1.165) is 16.1 Å². The third kappa shape index (κ3) is 13.1. The number of carbonyl (C=O) groups excluding carboxylic acids is 4. The van der Waals surface area contributed by atoms with E-state index in [1.54, 1.807) is 32.9 Å². The molecule has 4 N–H and O–H groups in total. The molecule has 13 heteroatoms. The number of rotatable bonds is 13. The van der Waals surface area contributed by atoms with Crippen LogP contribution in [-0.4, -0.2) is 53.5 Å². The minimum absolute atomic E-state index is 0.0218. The summed E-state index contributed by atoms with van der Waals surface area (Å²) in [6.07, 6.45) is -0.826. The highest BCUT2D eigenvalue weighted by atomic mass is 16.6. The molecule has 47 heavy (non-hydrogen) atoms. The Kier molecular flexibility index (Phi) is 13.6. The highest BCUT2D eigenvalue weighted by Crippen LogP contribution is 2.18. The summed E-state index contributed by atoms with van der Waals surface area (Å²) in [5.41, 5.74) is 3.18. The van der Waals surface area contributed by atoms with E-state index >= 15 is 0 Å². The Hall–Kier alpha value is -5.59. The van der Waals surface area contributed by atoms with Crippen molar-refractivity contribution in [3.8, 4) is 0 Å². The first kappa shape index (κ1) is 35.9. The molecule has 4 amide bonds. The van der Waals surface area contributed by atoms with Crippen LogP contribution in [0.15, 0.2) is 84.9 Å². The van der Waals surface area contributed by atoms with Gasteiger partial charge < -0.3 is 30.0 Å².